The largest absolute Gasteiger partial charge is 0.0528 e. The Morgan fingerprint density at radius 2 is 0.769 bits per heavy atom. The Morgan fingerprint density at radius 1 is 0.462 bits per heavy atom. The Morgan fingerprint density at radius 3 is 1.08 bits per heavy atom. The molecule has 0 heterocycles. The van der Waals surface area contributed by atoms with E-state index in [4.69, 9.17) is 0 Å². The van der Waals surface area contributed by atoms with E-state index in [1.807, 2.05) is 0 Å². The minimum Gasteiger partial charge on any atom is -0.0528 e. The molecule has 3 aliphatic carbocycles. The summed E-state index contributed by atoms with van der Waals surface area (Å²) in [6.07, 6.45) is 14.1. The van der Waals surface area contributed by atoms with Crippen molar-refractivity contribution in [3.8, 4) is 0 Å². The molecule has 0 heteroatoms. The van der Waals surface area contributed by atoms with Crippen LogP contribution in [0.2, 0.25) is 0 Å². The van der Waals surface area contributed by atoms with Crippen molar-refractivity contribution < 1.29 is 0 Å². The molecule has 3 saturated carbocycles. The highest BCUT2D eigenvalue weighted by molar-refractivity contribution is 4.92. The van der Waals surface area contributed by atoms with E-state index < -0.39 is 0 Å². The summed E-state index contributed by atoms with van der Waals surface area (Å²) >= 11 is 0. The van der Waals surface area contributed by atoms with E-state index in [9.17, 15) is 0 Å². The third kappa shape index (κ3) is 1.33. The zero-order valence-electron chi connectivity index (χ0n) is 8.67. The SMILES string of the molecule is C1CC2CCCC3CCCC(C1)C23. The average molecular weight is 178 g/mol. The van der Waals surface area contributed by atoms with E-state index in [1.54, 1.807) is 57.8 Å². The minimum absolute atomic E-state index is 1.16. The number of rotatable bonds is 0. The molecule has 0 radical (unpaired) electrons. The fourth-order valence-electron chi connectivity index (χ4n) is 4.67. The molecular formula is C13H22. The van der Waals surface area contributed by atoms with Gasteiger partial charge in [-0.3, -0.25) is 0 Å². The first-order chi connectivity index (χ1) is 6.45. The summed E-state index contributed by atoms with van der Waals surface area (Å²) < 4.78 is 0. The standard InChI is InChI=1S/C13H22/c1-4-10-6-2-8-12-9-3-7-11(5-1)13(10)12/h10-13H,1-9H2. The molecule has 0 N–H and O–H groups in total. The summed E-state index contributed by atoms with van der Waals surface area (Å²) in [5.74, 6) is 4.68. The number of hydrogen-bond donors (Lipinski definition) is 0. The van der Waals surface area contributed by atoms with E-state index in [0.29, 0.717) is 0 Å². The topological polar surface area (TPSA) is 0 Å². The van der Waals surface area contributed by atoms with Crippen molar-refractivity contribution >= 4 is 0 Å². The van der Waals surface area contributed by atoms with E-state index in [0.717, 1.165) is 17.8 Å². The van der Waals surface area contributed by atoms with Gasteiger partial charge in [0.2, 0.25) is 0 Å². The lowest BCUT2D eigenvalue weighted by molar-refractivity contribution is 0.0123. The predicted molar refractivity (Wildman–Crippen MR) is 55.5 cm³/mol. The highest BCUT2D eigenvalue weighted by Crippen LogP contribution is 2.52. The van der Waals surface area contributed by atoms with Gasteiger partial charge in [0, 0.05) is 0 Å². The van der Waals surface area contributed by atoms with Gasteiger partial charge in [0.05, 0.1) is 0 Å². The van der Waals surface area contributed by atoms with Crippen LogP contribution in [0, 0.1) is 23.7 Å². The van der Waals surface area contributed by atoms with Crippen LogP contribution in [0.15, 0.2) is 0 Å². The van der Waals surface area contributed by atoms with Gasteiger partial charge in [0.15, 0.2) is 0 Å². The Bertz CT molecular complexity index is 139. The quantitative estimate of drug-likeness (QED) is 0.526. The summed E-state index contributed by atoms with van der Waals surface area (Å²) in [6.45, 7) is 0. The van der Waals surface area contributed by atoms with Gasteiger partial charge in [0.1, 0.15) is 0 Å². The smallest absolute Gasteiger partial charge is 0.0329 e. The maximum Gasteiger partial charge on any atom is -0.0329 e. The van der Waals surface area contributed by atoms with E-state index in [1.165, 1.54) is 5.92 Å². The second kappa shape index (κ2) is 3.29. The van der Waals surface area contributed by atoms with E-state index in [2.05, 4.69) is 0 Å². The monoisotopic (exact) mass is 178 g/mol. The van der Waals surface area contributed by atoms with Crippen LogP contribution in [0.3, 0.4) is 0 Å². The summed E-state index contributed by atoms with van der Waals surface area (Å²) in [5, 5.41) is 0. The molecule has 0 aromatic carbocycles. The lowest BCUT2D eigenvalue weighted by Crippen LogP contribution is -2.39. The summed E-state index contributed by atoms with van der Waals surface area (Å²) in [7, 11) is 0. The van der Waals surface area contributed by atoms with Crippen molar-refractivity contribution in [3.63, 3.8) is 0 Å². The summed E-state index contributed by atoms with van der Waals surface area (Å²) in [5.41, 5.74) is 0. The second-order valence-electron chi connectivity index (χ2n) is 5.65. The molecule has 3 fully saturated rings. The molecular weight excluding hydrogens is 156 g/mol. The Kier molecular flexibility index (Phi) is 2.11. The van der Waals surface area contributed by atoms with Crippen LogP contribution in [0.5, 0.6) is 0 Å². The minimum atomic E-state index is 1.16. The molecule has 3 rings (SSSR count). The van der Waals surface area contributed by atoms with Crippen LogP contribution in [0.1, 0.15) is 57.8 Å². The van der Waals surface area contributed by atoms with Crippen LogP contribution >= 0.6 is 0 Å². The summed E-state index contributed by atoms with van der Waals surface area (Å²) in [4.78, 5) is 0. The summed E-state index contributed by atoms with van der Waals surface area (Å²) in [6, 6.07) is 0. The molecule has 0 atom stereocenters. The van der Waals surface area contributed by atoms with Gasteiger partial charge in [-0.1, -0.05) is 57.8 Å². The lowest BCUT2D eigenvalue weighted by atomic mass is 9.56. The van der Waals surface area contributed by atoms with Crippen LogP contribution in [-0.4, -0.2) is 0 Å². The molecule has 74 valence electrons. The van der Waals surface area contributed by atoms with E-state index in [-0.39, 0.29) is 0 Å². The van der Waals surface area contributed by atoms with Gasteiger partial charge in [-0.2, -0.15) is 0 Å². The molecule has 0 saturated heterocycles. The molecule has 13 heavy (non-hydrogen) atoms. The molecule has 0 aromatic heterocycles. The molecule has 0 aromatic rings. The Hall–Kier alpha value is 0. The molecule has 0 spiro atoms. The van der Waals surface area contributed by atoms with Crippen molar-refractivity contribution in [2.75, 3.05) is 0 Å². The third-order valence-electron chi connectivity index (χ3n) is 5.08. The van der Waals surface area contributed by atoms with Gasteiger partial charge >= 0.3 is 0 Å². The van der Waals surface area contributed by atoms with Gasteiger partial charge in [0.25, 0.3) is 0 Å². The first kappa shape index (κ1) is 8.32. The van der Waals surface area contributed by atoms with Crippen LogP contribution in [-0.2, 0) is 0 Å². The Balaban J connectivity index is 1.82. The zero-order valence-corrected chi connectivity index (χ0v) is 8.67. The van der Waals surface area contributed by atoms with Gasteiger partial charge < -0.3 is 0 Å². The van der Waals surface area contributed by atoms with Crippen LogP contribution in [0.25, 0.3) is 0 Å². The molecule has 0 nitrogen and oxygen atoms in total. The van der Waals surface area contributed by atoms with Crippen molar-refractivity contribution in [2.45, 2.75) is 57.8 Å². The first-order valence-corrected chi connectivity index (χ1v) is 6.45. The van der Waals surface area contributed by atoms with Gasteiger partial charge in [-0.15, -0.1) is 0 Å². The van der Waals surface area contributed by atoms with Crippen molar-refractivity contribution in [3.05, 3.63) is 0 Å². The number of hydrogen-bond acceptors (Lipinski definition) is 0. The van der Waals surface area contributed by atoms with Crippen molar-refractivity contribution in [1.29, 1.82) is 0 Å². The highest BCUT2D eigenvalue weighted by atomic mass is 14.5. The lowest BCUT2D eigenvalue weighted by Gasteiger charge is -2.49. The zero-order chi connectivity index (χ0) is 8.67. The third-order valence-corrected chi connectivity index (χ3v) is 5.08. The molecule has 0 aliphatic heterocycles. The molecule has 0 amide bonds. The van der Waals surface area contributed by atoms with Crippen molar-refractivity contribution in [1.82, 2.24) is 0 Å². The van der Waals surface area contributed by atoms with Crippen LogP contribution < -0.4 is 0 Å². The van der Waals surface area contributed by atoms with Crippen molar-refractivity contribution in [2.24, 2.45) is 23.7 Å². The predicted octanol–water partition coefficient (Wildman–Crippen LogP) is 4.00. The first-order valence-electron chi connectivity index (χ1n) is 6.45. The van der Waals surface area contributed by atoms with E-state index >= 15 is 0 Å². The van der Waals surface area contributed by atoms with Crippen LogP contribution in [0.4, 0.5) is 0 Å². The Labute approximate surface area is 82.1 Å². The fraction of sp³-hybridized carbons (Fsp3) is 1.00. The maximum absolute atomic E-state index is 1.58. The fourth-order valence-corrected chi connectivity index (χ4v) is 4.67. The van der Waals surface area contributed by atoms with Gasteiger partial charge in [-0.25, -0.2) is 0 Å². The normalized spacial score (nSPS) is 49.8. The average Bonchev–Trinajstić information content (AvgIpc) is 2.19. The van der Waals surface area contributed by atoms with Gasteiger partial charge in [-0.05, 0) is 23.7 Å². The molecule has 0 bridgehead atoms. The molecule has 3 aliphatic rings. The highest BCUT2D eigenvalue weighted by Gasteiger charge is 2.42. The molecule has 0 unspecified atom stereocenters. The second-order valence-corrected chi connectivity index (χ2v) is 5.65. The maximum atomic E-state index is 1.58.